The zero-order valence-corrected chi connectivity index (χ0v) is 25.4. The van der Waals surface area contributed by atoms with Gasteiger partial charge in [-0.1, -0.05) is 73.5 Å². The number of nitrogens with two attached hydrogens (primary N) is 1. The van der Waals surface area contributed by atoms with Crippen molar-refractivity contribution < 1.29 is 29.0 Å². The number of amides is 4. The van der Waals surface area contributed by atoms with Gasteiger partial charge in [0.05, 0.1) is 18.6 Å². The Morgan fingerprint density at radius 3 is 2.14 bits per heavy atom. The van der Waals surface area contributed by atoms with E-state index >= 15 is 0 Å². The minimum atomic E-state index is -1.30. The maximum atomic E-state index is 13.5. The predicted molar refractivity (Wildman–Crippen MR) is 163 cm³/mol. The average Bonchev–Trinajstić information content (AvgIpc) is 2.95. The van der Waals surface area contributed by atoms with Gasteiger partial charge in [-0.05, 0) is 63.5 Å². The van der Waals surface area contributed by atoms with Crippen LogP contribution in [0.25, 0.3) is 0 Å². The SMILES string of the molecule is CC(C)(C)NC(=O)[C@@H]1CCCC[C@@H]1C[C@@H](O)[C@H](Cc1ccccc1)NC(=O)[C@H](CC(N)=O)NC(=O)OCc1ccccc1. The largest absolute Gasteiger partial charge is 0.445 e. The number of carbonyl (C=O) groups is 4. The van der Waals surface area contributed by atoms with Crippen molar-refractivity contribution in [3.63, 3.8) is 0 Å². The summed E-state index contributed by atoms with van der Waals surface area (Å²) in [7, 11) is 0. The Labute approximate surface area is 254 Å². The second kappa shape index (κ2) is 16.1. The number of rotatable bonds is 13. The van der Waals surface area contributed by atoms with Crippen LogP contribution in [0.1, 0.15) is 70.4 Å². The zero-order chi connectivity index (χ0) is 31.4. The third kappa shape index (κ3) is 11.7. The molecule has 1 fully saturated rings. The van der Waals surface area contributed by atoms with E-state index < -0.39 is 42.5 Å². The normalized spacial score (nSPS) is 18.9. The number of alkyl carbamates (subject to hydrolysis) is 1. The number of hydrogen-bond acceptors (Lipinski definition) is 6. The monoisotopic (exact) mass is 594 g/mol. The highest BCUT2D eigenvalue weighted by atomic mass is 16.5. The lowest BCUT2D eigenvalue weighted by molar-refractivity contribution is -0.130. The molecule has 10 nitrogen and oxygen atoms in total. The Balaban J connectivity index is 1.73. The summed E-state index contributed by atoms with van der Waals surface area (Å²) in [5.41, 5.74) is 6.68. The third-order valence-electron chi connectivity index (χ3n) is 7.61. The van der Waals surface area contributed by atoms with Gasteiger partial charge in [0.1, 0.15) is 12.6 Å². The van der Waals surface area contributed by atoms with E-state index in [1.165, 1.54) is 0 Å². The predicted octanol–water partition coefficient (Wildman–Crippen LogP) is 3.36. The lowest BCUT2D eigenvalue weighted by atomic mass is 9.74. The molecule has 3 rings (SSSR count). The van der Waals surface area contributed by atoms with E-state index in [2.05, 4.69) is 16.0 Å². The van der Waals surface area contributed by atoms with Gasteiger partial charge in [-0.25, -0.2) is 4.79 Å². The van der Waals surface area contributed by atoms with Crippen molar-refractivity contribution in [1.82, 2.24) is 16.0 Å². The summed E-state index contributed by atoms with van der Waals surface area (Å²) in [4.78, 5) is 50.9. The van der Waals surface area contributed by atoms with Gasteiger partial charge in [0.2, 0.25) is 17.7 Å². The van der Waals surface area contributed by atoms with Gasteiger partial charge in [-0.15, -0.1) is 0 Å². The van der Waals surface area contributed by atoms with Gasteiger partial charge >= 0.3 is 6.09 Å². The number of nitrogens with one attached hydrogen (secondary N) is 3. The number of aliphatic hydroxyl groups is 1. The highest BCUT2D eigenvalue weighted by molar-refractivity contribution is 5.90. The molecule has 0 bridgehead atoms. The summed E-state index contributed by atoms with van der Waals surface area (Å²) in [6.45, 7) is 5.81. The first-order valence-corrected chi connectivity index (χ1v) is 15.0. The van der Waals surface area contributed by atoms with Crippen molar-refractivity contribution in [1.29, 1.82) is 0 Å². The fourth-order valence-electron chi connectivity index (χ4n) is 5.52. The number of hydrogen-bond donors (Lipinski definition) is 5. The molecule has 0 unspecified atom stereocenters. The van der Waals surface area contributed by atoms with Gasteiger partial charge in [0, 0.05) is 11.5 Å². The molecule has 6 N–H and O–H groups in total. The van der Waals surface area contributed by atoms with Crippen molar-refractivity contribution in [2.45, 2.75) is 96.1 Å². The molecule has 1 aliphatic rings. The van der Waals surface area contributed by atoms with E-state index in [9.17, 15) is 24.3 Å². The van der Waals surface area contributed by atoms with Crippen LogP contribution in [-0.2, 0) is 32.1 Å². The Hall–Kier alpha value is -3.92. The van der Waals surface area contributed by atoms with Crippen LogP contribution >= 0.6 is 0 Å². The fourth-order valence-corrected chi connectivity index (χ4v) is 5.52. The first-order valence-electron chi connectivity index (χ1n) is 15.0. The molecule has 0 spiro atoms. The summed E-state index contributed by atoms with van der Waals surface area (Å²) >= 11 is 0. The van der Waals surface area contributed by atoms with E-state index in [-0.39, 0.29) is 29.9 Å². The van der Waals surface area contributed by atoms with E-state index in [0.29, 0.717) is 12.8 Å². The second-order valence-corrected chi connectivity index (χ2v) is 12.4. The minimum Gasteiger partial charge on any atom is -0.445 e. The Kier molecular flexibility index (Phi) is 12.5. The summed E-state index contributed by atoms with van der Waals surface area (Å²) in [6, 6.07) is 16.4. The van der Waals surface area contributed by atoms with Crippen molar-refractivity contribution in [3.05, 3.63) is 71.8 Å². The lowest BCUT2D eigenvalue weighted by Gasteiger charge is -2.36. The van der Waals surface area contributed by atoms with Gasteiger partial charge in [-0.3, -0.25) is 14.4 Å². The minimum absolute atomic E-state index is 0.0156. The average molecular weight is 595 g/mol. The standard InChI is InChI=1S/C33H46N4O6/c1-33(2,3)37-30(40)25-17-11-10-16-24(25)19-28(38)26(18-22-12-6-4-7-13-22)35-31(41)27(20-29(34)39)36-32(42)43-21-23-14-8-5-9-15-23/h4-9,12-15,24-28,38H,10-11,16-21H2,1-3H3,(H2,34,39)(H,35,41)(H,36,42)(H,37,40)/t24-,25-,26+,27+,28-/m1/s1. The topological polar surface area (TPSA) is 160 Å². The van der Waals surface area contributed by atoms with Gasteiger partial charge in [0.15, 0.2) is 0 Å². The van der Waals surface area contributed by atoms with E-state index in [1.807, 2.05) is 69.3 Å². The van der Waals surface area contributed by atoms with Crippen LogP contribution in [0, 0.1) is 11.8 Å². The van der Waals surface area contributed by atoms with Crippen LogP contribution in [0.3, 0.4) is 0 Å². The first-order chi connectivity index (χ1) is 20.4. The molecule has 0 radical (unpaired) electrons. The molecule has 1 aliphatic carbocycles. The van der Waals surface area contributed by atoms with Gasteiger partial charge in [0.25, 0.3) is 0 Å². The number of aliphatic hydroxyl groups excluding tert-OH is 1. The Morgan fingerprint density at radius 1 is 0.930 bits per heavy atom. The van der Waals surface area contributed by atoms with E-state index in [0.717, 1.165) is 36.8 Å². The number of primary amides is 1. The summed E-state index contributed by atoms with van der Waals surface area (Å²) in [5.74, 6) is -1.76. The van der Waals surface area contributed by atoms with Crippen molar-refractivity contribution in [2.24, 2.45) is 17.6 Å². The second-order valence-electron chi connectivity index (χ2n) is 12.4. The molecule has 0 saturated heterocycles. The Morgan fingerprint density at radius 2 is 1.53 bits per heavy atom. The maximum absolute atomic E-state index is 13.5. The molecular weight excluding hydrogens is 548 g/mol. The van der Waals surface area contributed by atoms with Crippen molar-refractivity contribution >= 4 is 23.8 Å². The van der Waals surface area contributed by atoms with Crippen LogP contribution in [0.5, 0.6) is 0 Å². The Bertz CT molecular complexity index is 1200. The number of ether oxygens (including phenoxy) is 1. The van der Waals surface area contributed by atoms with Crippen LogP contribution in [0.15, 0.2) is 60.7 Å². The fraction of sp³-hybridized carbons (Fsp3) is 0.515. The van der Waals surface area contributed by atoms with E-state index in [4.69, 9.17) is 10.5 Å². The quantitative estimate of drug-likeness (QED) is 0.239. The third-order valence-corrected chi connectivity index (χ3v) is 7.61. The van der Waals surface area contributed by atoms with Crippen molar-refractivity contribution in [3.8, 4) is 0 Å². The molecule has 2 aromatic carbocycles. The number of benzene rings is 2. The molecule has 4 amide bonds. The lowest BCUT2D eigenvalue weighted by Crippen LogP contribution is -2.54. The highest BCUT2D eigenvalue weighted by Gasteiger charge is 2.36. The van der Waals surface area contributed by atoms with Crippen molar-refractivity contribution in [2.75, 3.05) is 0 Å². The highest BCUT2D eigenvalue weighted by Crippen LogP contribution is 2.34. The van der Waals surface area contributed by atoms with Crippen LogP contribution in [0.2, 0.25) is 0 Å². The first kappa shape index (κ1) is 33.6. The molecule has 234 valence electrons. The molecule has 5 atom stereocenters. The molecule has 1 saturated carbocycles. The molecule has 0 aliphatic heterocycles. The molecule has 2 aromatic rings. The molecule has 10 heteroatoms. The summed E-state index contributed by atoms with van der Waals surface area (Å²) in [6.07, 6.45) is 1.75. The van der Waals surface area contributed by atoms with Gasteiger partial charge < -0.3 is 31.5 Å². The zero-order valence-electron chi connectivity index (χ0n) is 25.4. The van der Waals surface area contributed by atoms with Crippen LogP contribution < -0.4 is 21.7 Å². The molecule has 0 heterocycles. The van der Waals surface area contributed by atoms with Gasteiger partial charge in [-0.2, -0.15) is 0 Å². The van der Waals surface area contributed by atoms with Crippen LogP contribution in [-0.4, -0.2) is 52.6 Å². The molecule has 43 heavy (non-hydrogen) atoms. The van der Waals surface area contributed by atoms with E-state index in [1.54, 1.807) is 12.1 Å². The summed E-state index contributed by atoms with van der Waals surface area (Å²) < 4.78 is 5.24. The number of carbonyl (C=O) groups excluding carboxylic acids is 4. The molecular formula is C33H46N4O6. The smallest absolute Gasteiger partial charge is 0.408 e. The van der Waals surface area contributed by atoms with Crippen LogP contribution in [0.4, 0.5) is 4.79 Å². The molecule has 0 aromatic heterocycles. The maximum Gasteiger partial charge on any atom is 0.408 e. The summed E-state index contributed by atoms with van der Waals surface area (Å²) in [5, 5.41) is 19.9.